The standard InChI is InChI=1S/C36H52FN9O4/c1-23(2)46-21-28(34(47)40-26-11-16-44(17-12-26)15-4-5-24-6-8-25(9-7-24)41-36(48)49)27-20-39-33(19-30(27)46)42-32-10-14-38-35(43-32)45-18-13-31(50-3)29(37)22-45/h10,14,19-21,23-26,29,31,41H,4-9,11-13,15-18,22H2,1-3H3,(H,40,47)(H,48,49)(H,38,39,42,43)/t24?,25?,29-,31+/m1/s1. The van der Waals surface area contributed by atoms with Crippen molar-refractivity contribution in [2.75, 3.05) is 50.1 Å². The summed E-state index contributed by atoms with van der Waals surface area (Å²) in [7, 11) is 1.54. The molecule has 1 aliphatic carbocycles. The van der Waals surface area contributed by atoms with Crippen molar-refractivity contribution in [3.8, 4) is 0 Å². The summed E-state index contributed by atoms with van der Waals surface area (Å²) in [5.41, 5.74) is 1.52. The zero-order chi connectivity index (χ0) is 35.2. The summed E-state index contributed by atoms with van der Waals surface area (Å²) in [6, 6.07) is 4.06. The van der Waals surface area contributed by atoms with E-state index in [1.807, 2.05) is 17.2 Å². The number of nitrogens with one attached hydrogen (secondary N) is 3. The van der Waals surface area contributed by atoms with Gasteiger partial charge in [-0.05, 0) is 90.2 Å². The molecule has 2 amide bonds. The number of methoxy groups -OCH3 is 1. The second kappa shape index (κ2) is 16.3. The van der Waals surface area contributed by atoms with E-state index >= 15 is 0 Å². The minimum atomic E-state index is -1.11. The fraction of sp³-hybridized carbons (Fsp3) is 0.639. The van der Waals surface area contributed by atoms with E-state index in [9.17, 15) is 14.0 Å². The van der Waals surface area contributed by atoms with E-state index < -0.39 is 18.4 Å². The van der Waals surface area contributed by atoms with E-state index in [1.54, 1.807) is 18.5 Å². The lowest BCUT2D eigenvalue weighted by Gasteiger charge is -2.33. The fourth-order valence-electron chi connectivity index (χ4n) is 7.79. The highest BCUT2D eigenvalue weighted by molar-refractivity contribution is 6.07. The smallest absolute Gasteiger partial charge is 0.404 e. The van der Waals surface area contributed by atoms with Crippen molar-refractivity contribution in [2.45, 2.75) is 102 Å². The average Bonchev–Trinajstić information content (AvgIpc) is 3.49. The third-order valence-electron chi connectivity index (χ3n) is 10.7. The maximum atomic E-state index is 14.5. The molecule has 5 heterocycles. The lowest BCUT2D eigenvalue weighted by Crippen LogP contribution is -2.46. The number of hydrogen-bond acceptors (Lipinski definition) is 9. The molecule has 3 fully saturated rings. The number of carboxylic acid groups (broad SMARTS) is 1. The van der Waals surface area contributed by atoms with Crippen molar-refractivity contribution in [1.82, 2.24) is 35.1 Å². The average molecular weight is 694 g/mol. The van der Waals surface area contributed by atoms with Crippen LogP contribution < -0.4 is 20.9 Å². The van der Waals surface area contributed by atoms with Gasteiger partial charge in [-0.2, -0.15) is 4.98 Å². The molecule has 13 nitrogen and oxygen atoms in total. The SMILES string of the molecule is CO[C@H]1CCN(c2nccc(Nc3cc4c(cn3)c(C(=O)NC3CCN(CCCC5CCC(NC(=O)O)CC5)CC3)cn4C(C)C)n2)C[C@H]1F. The molecule has 1 saturated carbocycles. The molecule has 272 valence electrons. The van der Waals surface area contributed by atoms with Gasteiger partial charge in [0.05, 0.1) is 23.7 Å². The number of likely N-dealkylation sites (tertiary alicyclic amines) is 1. The van der Waals surface area contributed by atoms with E-state index in [4.69, 9.17) is 9.84 Å². The van der Waals surface area contributed by atoms with Crippen LogP contribution in [0.25, 0.3) is 10.9 Å². The van der Waals surface area contributed by atoms with E-state index in [1.165, 1.54) is 13.5 Å². The Labute approximate surface area is 293 Å². The predicted molar refractivity (Wildman–Crippen MR) is 191 cm³/mol. The number of piperidine rings is 2. The predicted octanol–water partition coefficient (Wildman–Crippen LogP) is 5.51. The molecule has 0 aromatic carbocycles. The van der Waals surface area contributed by atoms with E-state index in [-0.39, 0.29) is 30.6 Å². The number of anilines is 3. The second-order valence-corrected chi connectivity index (χ2v) is 14.4. The summed E-state index contributed by atoms with van der Waals surface area (Å²) in [5, 5.41) is 19.0. The van der Waals surface area contributed by atoms with Gasteiger partial charge in [0, 0.05) is 74.9 Å². The molecule has 50 heavy (non-hydrogen) atoms. The van der Waals surface area contributed by atoms with Crippen molar-refractivity contribution in [2.24, 2.45) is 5.92 Å². The number of hydrogen-bond donors (Lipinski definition) is 4. The van der Waals surface area contributed by atoms with Gasteiger partial charge in [0.15, 0.2) is 0 Å². The molecule has 14 heteroatoms. The Morgan fingerprint density at radius 3 is 2.48 bits per heavy atom. The highest BCUT2D eigenvalue weighted by atomic mass is 19.1. The number of pyridine rings is 1. The van der Waals surface area contributed by atoms with Crippen LogP contribution in [0, 0.1) is 5.92 Å². The molecule has 0 unspecified atom stereocenters. The Balaban J connectivity index is 1.01. The quantitative estimate of drug-likeness (QED) is 0.191. The van der Waals surface area contributed by atoms with Crippen molar-refractivity contribution in [3.05, 3.63) is 36.3 Å². The summed E-state index contributed by atoms with van der Waals surface area (Å²) in [6.45, 7) is 7.97. The van der Waals surface area contributed by atoms with Gasteiger partial charge in [-0.15, -0.1) is 0 Å². The van der Waals surface area contributed by atoms with Gasteiger partial charge in [0.1, 0.15) is 17.8 Å². The lowest BCUT2D eigenvalue weighted by atomic mass is 9.83. The zero-order valence-corrected chi connectivity index (χ0v) is 29.5. The van der Waals surface area contributed by atoms with Gasteiger partial charge >= 0.3 is 6.09 Å². The van der Waals surface area contributed by atoms with Gasteiger partial charge in [-0.3, -0.25) is 4.79 Å². The number of carbonyl (C=O) groups excluding carboxylic acids is 1. The van der Waals surface area contributed by atoms with Crippen LogP contribution in [0.4, 0.5) is 26.8 Å². The molecule has 6 rings (SSSR count). The lowest BCUT2D eigenvalue weighted by molar-refractivity contribution is 0.0194. The van der Waals surface area contributed by atoms with Crippen LogP contribution in [0.3, 0.4) is 0 Å². The summed E-state index contributed by atoms with van der Waals surface area (Å²) in [5.74, 6) is 2.21. The van der Waals surface area contributed by atoms with Crippen molar-refractivity contribution in [1.29, 1.82) is 0 Å². The van der Waals surface area contributed by atoms with Gasteiger partial charge in [-0.25, -0.2) is 19.2 Å². The van der Waals surface area contributed by atoms with Gasteiger partial charge in [0.25, 0.3) is 5.91 Å². The molecule has 2 atom stereocenters. The van der Waals surface area contributed by atoms with E-state index in [0.29, 0.717) is 42.0 Å². The minimum absolute atomic E-state index is 0.0767. The first-order chi connectivity index (χ1) is 24.2. The summed E-state index contributed by atoms with van der Waals surface area (Å²) < 4.78 is 21.9. The maximum absolute atomic E-state index is 14.5. The molecule has 3 aromatic heterocycles. The number of halogens is 1. The normalized spacial score (nSPS) is 23.7. The van der Waals surface area contributed by atoms with Crippen molar-refractivity contribution < 1.29 is 23.8 Å². The van der Waals surface area contributed by atoms with Crippen LogP contribution in [0.2, 0.25) is 0 Å². The molecule has 2 saturated heterocycles. The van der Waals surface area contributed by atoms with Crippen LogP contribution in [-0.4, -0.2) is 106 Å². The molecule has 3 aliphatic rings. The third kappa shape index (κ3) is 8.81. The molecule has 4 N–H and O–H groups in total. The van der Waals surface area contributed by atoms with Gasteiger partial charge in [-0.1, -0.05) is 0 Å². The Bertz CT molecular complexity index is 1600. The van der Waals surface area contributed by atoms with Crippen LogP contribution in [0.5, 0.6) is 0 Å². The van der Waals surface area contributed by atoms with Crippen LogP contribution in [-0.2, 0) is 4.74 Å². The number of aromatic nitrogens is 4. The van der Waals surface area contributed by atoms with Crippen LogP contribution in [0.1, 0.15) is 88.0 Å². The van der Waals surface area contributed by atoms with E-state index in [0.717, 1.165) is 75.5 Å². The second-order valence-electron chi connectivity index (χ2n) is 14.4. The maximum Gasteiger partial charge on any atom is 0.404 e. The monoisotopic (exact) mass is 693 g/mol. The molecule has 2 aliphatic heterocycles. The largest absolute Gasteiger partial charge is 0.465 e. The first-order valence-electron chi connectivity index (χ1n) is 18.2. The zero-order valence-electron chi connectivity index (χ0n) is 29.5. The summed E-state index contributed by atoms with van der Waals surface area (Å²) in [6.07, 6.45) is 11.7. The highest BCUT2D eigenvalue weighted by Gasteiger charge is 2.31. The first-order valence-corrected chi connectivity index (χ1v) is 18.2. The number of ether oxygens (including phenoxy) is 1. The van der Waals surface area contributed by atoms with Gasteiger partial charge in [0.2, 0.25) is 5.95 Å². The number of carbonyl (C=O) groups is 2. The molecular weight excluding hydrogens is 641 g/mol. The fourth-order valence-corrected chi connectivity index (χ4v) is 7.79. The van der Waals surface area contributed by atoms with Crippen LogP contribution in [0.15, 0.2) is 30.7 Å². The summed E-state index contributed by atoms with van der Waals surface area (Å²) >= 11 is 0. The highest BCUT2D eigenvalue weighted by Crippen LogP contribution is 2.30. The first kappa shape index (κ1) is 35.8. The Hall–Kier alpha value is -4.04. The molecule has 0 radical (unpaired) electrons. The number of rotatable bonds is 12. The Morgan fingerprint density at radius 2 is 1.78 bits per heavy atom. The van der Waals surface area contributed by atoms with Crippen molar-refractivity contribution in [3.63, 3.8) is 0 Å². The third-order valence-corrected chi connectivity index (χ3v) is 10.7. The number of amides is 2. The molecule has 0 spiro atoms. The van der Waals surface area contributed by atoms with Crippen LogP contribution >= 0.6 is 0 Å². The van der Waals surface area contributed by atoms with E-state index in [2.05, 4.69) is 54.2 Å². The van der Waals surface area contributed by atoms with Gasteiger partial charge < -0.3 is 40.2 Å². The minimum Gasteiger partial charge on any atom is -0.465 e. The summed E-state index contributed by atoms with van der Waals surface area (Å²) in [4.78, 5) is 42.5. The molecule has 0 bridgehead atoms. The molecule has 3 aromatic rings. The number of nitrogens with zero attached hydrogens (tertiary/aromatic N) is 6. The molecular formula is C36H52FN9O4. The Morgan fingerprint density at radius 1 is 1.02 bits per heavy atom. The topological polar surface area (TPSA) is 150 Å². The van der Waals surface area contributed by atoms with Crippen molar-refractivity contribution >= 4 is 40.5 Å². The Kier molecular flexibility index (Phi) is 11.7. The number of alkyl halides is 1. The number of fused-ring (bicyclic) bond motifs is 1.